The zero-order valence-electron chi connectivity index (χ0n) is 14.7. The van der Waals surface area contributed by atoms with E-state index in [0.717, 1.165) is 0 Å². The first-order chi connectivity index (χ1) is 11.7. The van der Waals surface area contributed by atoms with Crippen LogP contribution in [0.25, 0.3) is 0 Å². The number of aromatic nitrogens is 1. The van der Waals surface area contributed by atoms with Crippen molar-refractivity contribution in [1.29, 1.82) is 0 Å². The maximum atomic E-state index is 12.6. The summed E-state index contributed by atoms with van der Waals surface area (Å²) in [7, 11) is 0.607. The summed E-state index contributed by atoms with van der Waals surface area (Å²) in [5.74, 6) is 0.109. The third-order valence-electron chi connectivity index (χ3n) is 4.05. The average molecular weight is 368 g/mol. The lowest BCUT2D eigenvalue weighted by atomic mass is 10.2. The first-order valence-electron chi connectivity index (χ1n) is 8.14. The van der Waals surface area contributed by atoms with Crippen molar-refractivity contribution in [3.05, 3.63) is 23.9 Å². The number of carbonyl (C=O) groups is 2. The highest BCUT2D eigenvalue weighted by Crippen LogP contribution is 2.13. The standard InChI is InChI=1S/C16H24N4O4S/c1-4-20(10-15(21)18-13-6-8-25(23,24)11-13)16(22)12-5-7-17-14(9-12)19(2)3/h5,7,9,13H,4,6,8,10-11H2,1-3H3,(H,18,21)/t13-/m0/s1. The summed E-state index contributed by atoms with van der Waals surface area (Å²) >= 11 is 0. The molecule has 9 heteroatoms. The van der Waals surface area contributed by atoms with Gasteiger partial charge in [0.2, 0.25) is 5.91 Å². The summed E-state index contributed by atoms with van der Waals surface area (Å²) in [6, 6.07) is 2.92. The summed E-state index contributed by atoms with van der Waals surface area (Å²) in [6.45, 7) is 2.06. The average Bonchev–Trinajstić information content (AvgIpc) is 2.90. The van der Waals surface area contributed by atoms with Crippen molar-refractivity contribution in [2.24, 2.45) is 0 Å². The molecule has 1 N–H and O–H groups in total. The molecule has 138 valence electrons. The molecule has 0 spiro atoms. The summed E-state index contributed by atoms with van der Waals surface area (Å²) in [4.78, 5) is 32.2. The Kier molecular flexibility index (Phi) is 5.99. The van der Waals surface area contributed by atoms with Crippen LogP contribution in [-0.4, -0.2) is 74.8 Å². The summed E-state index contributed by atoms with van der Waals surface area (Å²) in [5, 5.41) is 2.70. The number of rotatable bonds is 6. The number of sulfone groups is 1. The van der Waals surface area contributed by atoms with Crippen molar-refractivity contribution in [1.82, 2.24) is 15.2 Å². The van der Waals surface area contributed by atoms with Crippen LogP contribution in [0.1, 0.15) is 23.7 Å². The molecule has 0 bridgehead atoms. The fourth-order valence-electron chi connectivity index (χ4n) is 2.66. The van der Waals surface area contributed by atoms with E-state index in [0.29, 0.717) is 24.3 Å². The normalized spacial score (nSPS) is 18.6. The smallest absolute Gasteiger partial charge is 0.254 e. The number of carbonyl (C=O) groups excluding carboxylic acids is 2. The Balaban J connectivity index is 2.00. The van der Waals surface area contributed by atoms with Gasteiger partial charge >= 0.3 is 0 Å². The molecular formula is C16H24N4O4S. The lowest BCUT2D eigenvalue weighted by molar-refractivity contribution is -0.122. The van der Waals surface area contributed by atoms with E-state index in [1.54, 1.807) is 30.2 Å². The van der Waals surface area contributed by atoms with Crippen LogP contribution in [0.5, 0.6) is 0 Å². The monoisotopic (exact) mass is 368 g/mol. The van der Waals surface area contributed by atoms with E-state index in [2.05, 4.69) is 10.3 Å². The maximum absolute atomic E-state index is 12.6. The highest BCUT2D eigenvalue weighted by Gasteiger charge is 2.29. The molecule has 1 aliphatic rings. The van der Waals surface area contributed by atoms with Crippen molar-refractivity contribution < 1.29 is 18.0 Å². The molecule has 8 nitrogen and oxygen atoms in total. The van der Waals surface area contributed by atoms with Crippen LogP contribution in [0.15, 0.2) is 18.3 Å². The molecule has 1 aromatic rings. The Morgan fingerprint density at radius 2 is 2.08 bits per heavy atom. The fraction of sp³-hybridized carbons (Fsp3) is 0.562. The van der Waals surface area contributed by atoms with Gasteiger partial charge in [0, 0.05) is 38.4 Å². The van der Waals surface area contributed by atoms with E-state index in [1.165, 1.54) is 4.90 Å². The van der Waals surface area contributed by atoms with Crippen molar-refractivity contribution in [2.75, 3.05) is 43.6 Å². The van der Waals surface area contributed by atoms with Gasteiger partial charge in [0.15, 0.2) is 9.84 Å². The van der Waals surface area contributed by atoms with E-state index in [-0.39, 0.29) is 35.9 Å². The van der Waals surface area contributed by atoms with Gasteiger partial charge in [0.25, 0.3) is 5.91 Å². The Morgan fingerprint density at radius 3 is 2.64 bits per heavy atom. The highest BCUT2D eigenvalue weighted by atomic mass is 32.2. The fourth-order valence-corrected chi connectivity index (χ4v) is 4.33. The second-order valence-electron chi connectivity index (χ2n) is 6.28. The number of amides is 2. The lowest BCUT2D eigenvalue weighted by Crippen LogP contribution is -2.44. The molecule has 1 fully saturated rings. The van der Waals surface area contributed by atoms with Gasteiger partial charge < -0.3 is 15.1 Å². The van der Waals surface area contributed by atoms with E-state index in [9.17, 15) is 18.0 Å². The zero-order chi connectivity index (χ0) is 18.6. The predicted molar refractivity (Wildman–Crippen MR) is 95.3 cm³/mol. The first kappa shape index (κ1) is 19.2. The molecule has 2 rings (SSSR count). The van der Waals surface area contributed by atoms with Crippen molar-refractivity contribution in [3.8, 4) is 0 Å². The third kappa shape index (κ3) is 5.15. The van der Waals surface area contributed by atoms with Crippen LogP contribution in [0.3, 0.4) is 0 Å². The number of nitrogens with one attached hydrogen (secondary N) is 1. The Labute approximate surface area is 148 Å². The van der Waals surface area contributed by atoms with Crippen LogP contribution < -0.4 is 10.2 Å². The summed E-state index contributed by atoms with van der Waals surface area (Å²) in [5.41, 5.74) is 0.455. The molecule has 0 aliphatic carbocycles. The van der Waals surface area contributed by atoms with Gasteiger partial charge in [-0.25, -0.2) is 13.4 Å². The molecule has 1 atom stereocenters. The Hall–Kier alpha value is -2.16. The Morgan fingerprint density at radius 1 is 1.36 bits per heavy atom. The molecule has 1 saturated heterocycles. The van der Waals surface area contributed by atoms with Crippen molar-refractivity contribution in [3.63, 3.8) is 0 Å². The minimum atomic E-state index is -3.05. The number of pyridine rings is 1. The zero-order valence-corrected chi connectivity index (χ0v) is 15.5. The molecule has 0 radical (unpaired) electrons. The molecule has 2 heterocycles. The quantitative estimate of drug-likeness (QED) is 0.753. The van der Waals surface area contributed by atoms with Gasteiger partial charge in [-0.3, -0.25) is 9.59 Å². The second-order valence-corrected chi connectivity index (χ2v) is 8.51. The molecular weight excluding hydrogens is 344 g/mol. The van der Waals surface area contributed by atoms with Crippen molar-refractivity contribution in [2.45, 2.75) is 19.4 Å². The van der Waals surface area contributed by atoms with Gasteiger partial charge in [-0.2, -0.15) is 0 Å². The number of hydrogen-bond donors (Lipinski definition) is 1. The van der Waals surface area contributed by atoms with Gasteiger partial charge in [0.05, 0.1) is 18.1 Å². The van der Waals surface area contributed by atoms with Gasteiger partial charge in [0.1, 0.15) is 5.82 Å². The van der Waals surface area contributed by atoms with Crippen LogP contribution in [0.2, 0.25) is 0 Å². The summed E-state index contributed by atoms with van der Waals surface area (Å²) in [6.07, 6.45) is 1.98. The van der Waals surface area contributed by atoms with E-state index in [4.69, 9.17) is 0 Å². The number of hydrogen-bond acceptors (Lipinski definition) is 6. The molecule has 2 amide bonds. The Bertz CT molecular complexity index is 748. The second kappa shape index (κ2) is 7.81. The molecule has 0 saturated carbocycles. The highest BCUT2D eigenvalue weighted by molar-refractivity contribution is 7.91. The van der Waals surface area contributed by atoms with E-state index in [1.807, 2.05) is 14.1 Å². The van der Waals surface area contributed by atoms with E-state index < -0.39 is 9.84 Å². The first-order valence-corrected chi connectivity index (χ1v) is 9.96. The molecule has 0 unspecified atom stereocenters. The molecule has 1 aliphatic heterocycles. The number of likely N-dealkylation sites (N-methyl/N-ethyl adjacent to an activating group) is 1. The molecule has 1 aromatic heterocycles. The predicted octanol–water partition coefficient (Wildman–Crippen LogP) is -0.0870. The van der Waals surface area contributed by atoms with Crippen LogP contribution >= 0.6 is 0 Å². The topological polar surface area (TPSA) is 99.7 Å². The van der Waals surface area contributed by atoms with Crippen LogP contribution in [0.4, 0.5) is 5.82 Å². The van der Waals surface area contributed by atoms with Crippen LogP contribution in [-0.2, 0) is 14.6 Å². The van der Waals surface area contributed by atoms with Gasteiger partial charge in [-0.1, -0.05) is 0 Å². The maximum Gasteiger partial charge on any atom is 0.254 e. The van der Waals surface area contributed by atoms with Gasteiger partial charge in [-0.05, 0) is 25.5 Å². The minimum Gasteiger partial charge on any atom is -0.363 e. The SMILES string of the molecule is CCN(CC(=O)N[C@H]1CCS(=O)(=O)C1)C(=O)c1ccnc(N(C)C)c1. The largest absolute Gasteiger partial charge is 0.363 e. The number of nitrogens with zero attached hydrogens (tertiary/aromatic N) is 3. The minimum absolute atomic E-state index is 0.0324. The van der Waals surface area contributed by atoms with Gasteiger partial charge in [-0.15, -0.1) is 0 Å². The lowest BCUT2D eigenvalue weighted by Gasteiger charge is -2.22. The number of anilines is 1. The summed E-state index contributed by atoms with van der Waals surface area (Å²) < 4.78 is 22.9. The third-order valence-corrected chi connectivity index (χ3v) is 5.82. The van der Waals surface area contributed by atoms with Crippen molar-refractivity contribution >= 4 is 27.5 Å². The molecule has 25 heavy (non-hydrogen) atoms. The molecule has 0 aromatic carbocycles. The van der Waals surface area contributed by atoms with Crippen LogP contribution in [0, 0.1) is 0 Å². The van der Waals surface area contributed by atoms with E-state index >= 15 is 0 Å².